The maximum atomic E-state index is 12.2. The number of carboxylic acids is 1. The van der Waals surface area contributed by atoms with Crippen LogP contribution >= 0.6 is 0 Å². The summed E-state index contributed by atoms with van der Waals surface area (Å²) in [6.07, 6.45) is -3.24. The Morgan fingerprint density at radius 1 is 1.03 bits per heavy atom. The molecule has 0 aromatic heterocycles. The largest absolute Gasteiger partial charge is 0.480 e. The van der Waals surface area contributed by atoms with Gasteiger partial charge in [-0.2, -0.15) is 26.3 Å². The first-order valence-corrected chi connectivity index (χ1v) is 8.91. The first-order chi connectivity index (χ1) is 13.7. The minimum Gasteiger partial charge on any atom is -0.480 e. The van der Waals surface area contributed by atoms with Crippen LogP contribution < -0.4 is 17.2 Å². The fourth-order valence-corrected chi connectivity index (χ4v) is 2.28. The maximum absolute atomic E-state index is 12.2. The molecule has 0 spiro atoms. The van der Waals surface area contributed by atoms with Crippen LogP contribution in [0, 0.1) is 0 Å². The molecule has 1 unspecified atom stereocenters. The molecule has 2 rings (SSSR count). The second kappa shape index (κ2) is 12.5. The van der Waals surface area contributed by atoms with Crippen molar-refractivity contribution in [2.24, 2.45) is 17.2 Å². The molecule has 172 valence electrons. The molecule has 1 fully saturated rings. The summed E-state index contributed by atoms with van der Waals surface area (Å²) in [5.74, 6) is -1.05. The van der Waals surface area contributed by atoms with Crippen molar-refractivity contribution in [3.63, 3.8) is 0 Å². The van der Waals surface area contributed by atoms with Gasteiger partial charge in [0.2, 0.25) is 0 Å². The molecule has 12 heteroatoms. The Kier molecular flexibility index (Phi) is 11.6. The number of carbonyl (C=O) groups is 2. The summed E-state index contributed by atoms with van der Waals surface area (Å²) in [7, 11) is 0. The number of carboxylic acid groups (broad SMARTS) is 1. The Labute approximate surface area is 169 Å². The molecule has 6 nitrogen and oxygen atoms in total. The Hall–Kier alpha value is -2.18. The zero-order valence-electron chi connectivity index (χ0n) is 16.0. The minimum atomic E-state index is -4.92. The highest BCUT2D eigenvalue weighted by Crippen LogP contribution is 2.35. The molecule has 0 heterocycles. The van der Waals surface area contributed by atoms with E-state index in [-0.39, 0.29) is 18.9 Å². The highest BCUT2D eigenvalue weighted by atomic mass is 19.4. The van der Waals surface area contributed by atoms with Gasteiger partial charge in [0.25, 0.3) is 0 Å². The van der Waals surface area contributed by atoms with Crippen LogP contribution in [0.15, 0.2) is 18.2 Å². The van der Waals surface area contributed by atoms with E-state index in [4.69, 9.17) is 22.3 Å². The summed E-state index contributed by atoms with van der Waals surface area (Å²) >= 11 is 0. The smallest absolute Gasteiger partial charge is 0.416 e. The summed E-state index contributed by atoms with van der Waals surface area (Å²) < 4.78 is 73.1. The van der Waals surface area contributed by atoms with Crippen LogP contribution in [0.1, 0.15) is 53.6 Å². The number of aliphatic carboxylic acids is 1. The predicted molar refractivity (Wildman–Crippen MR) is 97.6 cm³/mol. The lowest BCUT2D eigenvalue weighted by atomic mass is 9.97. The van der Waals surface area contributed by atoms with Gasteiger partial charge < -0.3 is 22.3 Å². The van der Waals surface area contributed by atoms with Gasteiger partial charge in [0.05, 0.1) is 11.1 Å². The van der Waals surface area contributed by atoms with E-state index < -0.39 is 41.1 Å². The molecule has 0 amide bonds. The van der Waals surface area contributed by atoms with E-state index in [1.54, 1.807) is 0 Å². The van der Waals surface area contributed by atoms with Gasteiger partial charge in [-0.15, -0.1) is 0 Å². The number of alkyl halides is 6. The fourth-order valence-electron chi connectivity index (χ4n) is 2.28. The third kappa shape index (κ3) is 11.1. The third-order valence-electron chi connectivity index (χ3n) is 3.97. The average Bonchev–Trinajstić information content (AvgIpc) is 2.67. The van der Waals surface area contributed by atoms with Crippen molar-refractivity contribution in [3.8, 4) is 0 Å². The van der Waals surface area contributed by atoms with E-state index in [2.05, 4.69) is 0 Å². The number of hydrogen-bond donors (Lipinski definition) is 4. The van der Waals surface area contributed by atoms with Crippen molar-refractivity contribution >= 4 is 12.3 Å². The fraction of sp³-hybridized carbons (Fsp3) is 0.556. The van der Waals surface area contributed by atoms with Gasteiger partial charge in [0, 0.05) is 18.2 Å². The van der Waals surface area contributed by atoms with Crippen LogP contribution in [0.4, 0.5) is 26.3 Å². The number of halogens is 6. The van der Waals surface area contributed by atoms with Crippen molar-refractivity contribution in [3.05, 3.63) is 34.9 Å². The predicted octanol–water partition coefficient (Wildman–Crippen LogP) is 3.17. The normalized spacial score (nSPS) is 15.8. The summed E-state index contributed by atoms with van der Waals surface area (Å²) in [6.45, 7) is -0.00463. The van der Waals surface area contributed by atoms with Crippen LogP contribution in [-0.4, -0.2) is 36.0 Å². The first kappa shape index (κ1) is 27.8. The summed E-state index contributed by atoms with van der Waals surface area (Å²) in [5, 5.41) is 7.98. The first-order valence-electron chi connectivity index (χ1n) is 8.91. The molecule has 1 aromatic carbocycles. The van der Waals surface area contributed by atoms with Crippen molar-refractivity contribution < 1.29 is 41.0 Å². The highest BCUT2D eigenvalue weighted by molar-refractivity contribution is 5.75. The van der Waals surface area contributed by atoms with E-state index in [9.17, 15) is 35.9 Å². The molecule has 1 aliphatic carbocycles. The second-order valence-corrected chi connectivity index (χ2v) is 6.54. The van der Waals surface area contributed by atoms with E-state index >= 15 is 0 Å². The van der Waals surface area contributed by atoms with E-state index in [0.717, 1.165) is 0 Å². The van der Waals surface area contributed by atoms with Crippen LogP contribution in [0.3, 0.4) is 0 Å². The van der Waals surface area contributed by atoms with E-state index in [0.29, 0.717) is 18.2 Å². The molecule has 1 atom stereocenters. The zero-order chi connectivity index (χ0) is 23.5. The van der Waals surface area contributed by atoms with Gasteiger partial charge in [0.1, 0.15) is 12.3 Å². The van der Waals surface area contributed by atoms with Crippen LogP contribution in [0.5, 0.6) is 0 Å². The number of hydrogen-bond acceptors (Lipinski definition) is 5. The molecule has 0 radical (unpaired) electrons. The minimum absolute atomic E-state index is 0.00463. The summed E-state index contributed by atoms with van der Waals surface area (Å²) in [6, 6.07) is 0.325. The van der Waals surface area contributed by atoms with Crippen molar-refractivity contribution in [1.82, 2.24) is 0 Å². The summed E-state index contributed by atoms with van der Waals surface area (Å²) in [4.78, 5) is 20.0. The number of benzene rings is 1. The number of nitrogens with two attached hydrogens (primary N) is 3. The lowest BCUT2D eigenvalue weighted by Gasteiger charge is -2.15. The van der Waals surface area contributed by atoms with E-state index in [1.165, 1.54) is 32.1 Å². The highest BCUT2D eigenvalue weighted by Gasteiger charge is 2.36. The molecule has 1 aromatic rings. The topological polar surface area (TPSA) is 132 Å². The molecule has 1 saturated carbocycles. The quantitative estimate of drug-likeness (QED) is 0.417. The van der Waals surface area contributed by atoms with Gasteiger partial charge in [-0.05, 0) is 31.0 Å². The van der Waals surface area contributed by atoms with Gasteiger partial charge >= 0.3 is 18.3 Å². The van der Waals surface area contributed by atoms with Crippen LogP contribution in [-0.2, 0) is 17.1 Å². The molecule has 0 bridgehead atoms. The van der Waals surface area contributed by atoms with E-state index in [1.807, 2.05) is 0 Å². The number of rotatable bonds is 3. The zero-order valence-corrected chi connectivity index (χ0v) is 16.0. The van der Waals surface area contributed by atoms with Gasteiger partial charge in [0.15, 0.2) is 0 Å². The van der Waals surface area contributed by atoms with Gasteiger partial charge in [-0.1, -0.05) is 19.3 Å². The van der Waals surface area contributed by atoms with Crippen LogP contribution in [0.2, 0.25) is 0 Å². The van der Waals surface area contributed by atoms with Gasteiger partial charge in [-0.25, -0.2) is 0 Å². The standard InChI is InChI=1S/C9H4F6O.C6H13N.C3H8N2O2/c10-8(11,12)6-1-5(4-16)2-7(3-6)9(13,14)15;7-6-4-2-1-3-5-6;4-1-2(5)3(6)7/h1-4H;6H,1-5,7H2;2H,1,4-5H2,(H,6,7). The van der Waals surface area contributed by atoms with Crippen LogP contribution in [0.25, 0.3) is 0 Å². The molecular formula is C18H25F6N3O3. The third-order valence-corrected chi connectivity index (χ3v) is 3.97. The summed E-state index contributed by atoms with van der Waals surface area (Å²) in [5.41, 5.74) is 11.7. The lowest BCUT2D eigenvalue weighted by Crippen LogP contribution is -2.37. The lowest BCUT2D eigenvalue weighted by molar-refractivity contribution is -0.143. The Morgan fingerprint density at radius 3 is 1.67 bits per heavy atom. The number of aldehydes is 1. The van der Waals surface area contributed by atoms with Crippen molar-refractivity contribution in [1.29, 1.82) is 0 Å². The maximum Gasteiger partial charge on any atom is 0.416 e. The SMILES string of the molecule is NC1CCCCC1.NCC(N)C(=O)O.O=Cc1cc(C(F)(F)F)cc(C(F)(F)F)c1. The monoisotopic (exact) mass is 445 g/mol. The molecule has 7 N–H and O–H groups in total. The molecule has 0 saturated heterocycles. The molecule has 30 heavy (non-hydrogen) atoms. The molecular weight excluding hydrogens is 420 g/mol. The Bertz CT molecular complexity index is 642. The second-order valence-electron chi connectivity index (χ2n) is 6.54. The van der Waals surface area contributed by atoms with Crippen molar-refractivity contribution in [2.75, 3.05) is 6.54 Å². The van der Waals surface area contributed by atoms with Gasteiger partial charge in [-0.3, -0.25) is 9.59 Å². The van der Waals surface area contributed by atoms with Crippen molar-refractivity contribution in [2.45, 2.75) is 56.5 Å². The average molecular weight is 445 g/mol. The molecule has 0 aliphatic heterocycles. The Morgan fingerprint density at radius 2 is 1.47 bits per heavy atom. The molecule has 1 aliphatic rings. The number of carbonyl (C=O) groups excluding carboxylic acids is 1. The Balaban J connectivity index is 0.000000495.